The number of aryl methyl sites for hydroxylation is 2. The van der Waals surface area contributed by atoms with Gasteiger partial charge in [0.05, 0.1) is 17.1 Å². The van der Waals surface area contributed by atoms with Crippen molar-refractivity contribution in [3.05, 3.63) is 59.7 Å². The largest absolute Gasteiger partial charge is 0.255 e. The number of para-hydroxylation sites is 2. The Morgan fingerprint density at radius 1 is 0.558 bits per heavy atom. The van der Waals surface area contributed by atoms with Gasteiger partial charge < -0.3 is 0 Å². The number of rotatable bonds is 20. The molecule has 236 valence electrons. The molecule has 0 spiro atoms. The second kappa shape index (κ2) is 27.1. The number of hydrogen-bond acceptors (Lipinski definition) is 2. The van der Waals surface area contributed by atoms with Crippen molar-refractivity contribution in [1.29, 1.82) is 0 Å². The minimum Gasteiger partial charge on any atom is -0.255 e. The van der Waals surface area contributed by atoms with E-state index in [0.717, 1.165) is 62.0 Å². The predicted molar refractivity (Wildman–Crippen MR) is 187 cm³/mol. The molecule has 2 rings (SSSR count). The summed E-state index contributed by atoms with van der Waals surface area (Å²) in [5, 5.41) is 0. The zero-order valence-corrected chi connectivity index (χ0v) is 28.9. The van der Waals surface area contributed by atoms with E-state index < -0.39 is 0 Å². The van der Waals surface area contributed by atoms with Crippen molar-refractivity contribution in [3.8, 4) is 23.7 Å². The first-order chi connectivity index (χ1) is 20.8. The molecule has 0 fully saturated rings. The van der Waals surface area contributed by atoms with Crippen LogP contribution in [-0.2, 0) is 33.3 Å². The predicted octanol–water partition coefficient (Wildman–Crippen LogP) is 11.9. The molecule has 0 saturated heterocycles. The summed E-state index contributed by atoms with van der Waals surface area (Å²) in [6, 6.07) is 16.9. The fourth-order valence-electron chi connectivity index (χ4n) is 4.91. The van der Waals surface area contributed by atoms with Crippen LogP contribution in [0.2, 0.25) is 0 Å². The molecule has 0 saturated carbocycles. The average molecular weight is 671 g/mol. The van der Waals surface area contributed by atoms with Crippen LogP contribution in [0.4, 0.5) is 11.4 Å². The Labute approximate surface area is 278 Å². The van der Waals surface area contributed by atoms with Gasteiger partial charge in [-0.1, -0.05) is 121 Å². The van der Waals surface area contributed by atoms with E-state index in [1.54, 1.807) is 0 Å². The van der Waals surface area contributed by atoms with Gasteiger partial charge in [0.15, 0.2) is 0 Å². The topological polar surface area (TPSA) is 24.7 Å². The second-order valence-electron chi connectivity index (χ2n) is 11.2. The van der Waals surface area contributed by atoms with Crippen LogP contribution in [0.15, 0.2) is 58.5 Å². The molecule has 0 bridgehead atoms. The third-order valence-corrected chi connectivity index (χ3v) is 7.56. The van der Waals surface area contributed by atoms with Crippen molar-refractivity contribution in [2.24, 2.45) is 9.98 Å². The zero-order chi connectivity index (χ0) is 29.9. The van der Waals surface area contributed by atoms with E-state index in [9.17, 15) is 0 Å². The number of nitrogens with zero attached hydrogens (tertiary/aromatic N) is 2. The van der Waals surface area contributed by atoms with E-state index in [0.29, 0.717) is 0 Å². The van der Waals surface area contributed by atoms with Crippen LogP contribution >= 0.6 is 0 Å². The van der Waals surface area contributed by atoms with Crippen molar-refractivity contribution in [2.75, 3.05) is 0 Å². The van der Waals surface area contributed by atoms with Crippen molar-refractivity contribution >= 4 is 23.3 Å². The Kier molecular flexibility index (Phi) is 24.4. The van der Waals surface area contributed by atoms with Gasteiger partial charge in [-0.3, -0.25) is 9.98 Å². The minimum absolute atomic E-state index is 0. The summed E-state index contributed by atoms with van der Waals surface area (Å²) in [5.74, 6) is 13.5. The van der Waals surface area contributed by atoms with Gasteiger partial charge in [-0.15, -0.1) is 23.7 Å². The monoisotopic (exact) mass is 670 g/mol. The molecule has 0 aliphatic rings. The second-order valence-corrected chi connectivity index (χ2v) is 11.2. The summed E-state index contributed by atoms with van der Waals surface area (Å²) >= 11 is 0. The van der Waals surface area contributed by atoms with E-state index in [-0.39, 0.29) is 20.4 Å². The number of unbranched alkanes of at least 4 members (excludes halogenated alkanes) is 12. The molecular weight excluding hydrogens is 615 g/mol. The summed E-state index contributed by atoms with van der Waals surface area (Å²) in [5.41, 5.74) is 5.55. The Morgan fingerprint density at radius 3 is 1.53 bits per heavy atom. The van der Waals surface area contributed by atoms with Crippen LogP contribution in [0.1, 0.15) is 141 Å². The fourth-order valence-corrected chi connectivity index (χ4v) is 4.91. The molecule has 0 N–H and O–H groups in total. The number of aliphatic imine (C=N–C) groups is 2. The Hall–Kier alpha value is -2.44. The van der Waals surface area contributed by atoms with Gasteiger partial charge in [0.2, 0.25) is 0 Å². The molecule has 0 aliphatic heterocycles. The summed E-state index contributed by atoms with van der Waals surface area (Å²) in [6.45, 7) is 6.68. The van der Waals surface area contributed by atoms with Gasteiger partial charge in [-0.2, -0.15) is 0 Å². The average Bonchev–Trinajstić information content (AvgIpc) is 3.02. The SMILES string of the molecule is CCCCCCCCC#CCCc1ccccc1/N=C\C(CC)=N\c1ccccc1CCC#CCCCCCCCC.[Pd]. The van der Waals surface area contributed by atoms with Gasteiger partial charge in [0.1, 0.15) is 0 Å². The van der Waals surface area contributed by atoms with E-state index in [2.05, 4.69) is 93.0 Å². The molecule has 0 heterocycles. The summed E-state index contributed by atoms with van der Waals surface area (Å²) in [4.78, 5) is 9.88. The van der Waals surface area contributed by atoms with Crippen LogP contribution in [0.25, 0.3) is 0 Å². The number of hydrogen-bond donors (Lipinski definition) is 0. The van der Waals surface area contributed by atoms with Crippen LogP contribution < -0.4 is 0 Å². The zero-order valence-electron chi connectivity index (χ0n) is 27.3. The van der Waals surface area contributed by atoms with Crippen molar-refractivity contribution in [2.45, 2.75) is 143 Å². The Morgan fingerprint density at radius 2 is 1.00 bits per heavy atom. The van der Waals surface area contributed by atoms with Crippen LogP contribution in [0.3, 0.4) is 0 Å². The third kappa shape index (κ3) is 18.7. The summed E-state index contributed by atoms with van der Waals surface area (Å²) < 4.78 is 0. The van der Waals surface area contributed by atoms with Gasteiger partial charge in [-0.25, -0.2) is 0 Å². The van der Waals surface area contributed by atoms with Gasteiger partial charge in [0.25, 0.3) is 0 Å². The molecular formula is C40H56N2Pd. The molecule has 2 nitrogen and oxygen atoms in total. The van der Waals surface area contributed by atoms with Crippen molar-refractivity contribution in [3.63, 3.8) is 0 Å². The van der Waals surface area contributed by atoms with Gasteiger partial charge in [0, 0.05) is 52.3 Å². The van der Waals surface area contributed by atoms with Crippen LogP contribution in [0, 0.1) is 23.7 Å². The Bertz CT molecular complexity index is 1170. The first kappa shape index (κ1) is 38.6. The summed E-state index contributed by atoms with van der Waals surface area (Å²) in [7, 11) is 0. The molecule has 0 unspecified atom stereocenters. The molecule has 2 aromatic rings. The maximum Gasteiger partial charge on any atom is 0.0665 e. The maximum absolute atomic E-state index is 5.01. The third-order valence-electron chi connectivity index (χ3n) is 7.56. The standard InChI is InChI=1S/C40H56N2.Pd/c1-4-7-9-11-13-15-17-19-21-23-29-36-31-25-27-33-39(36)41-35-38(6-3)42-40-34-28-26-32-37(40)30-24-22-20-18-16-14-12-10-8-5-2;/h25-28,31-35H,4-18,23-24,29-30H2,1-3H3;/b41-35-,42-38+;. The first-order valence-corrected chi connectivity index (χ1v) is 17.0. The van der Waals surface area contributed by atoms with E-state index in [1.807, 2.05) is 6.21 Å². The summed E-state index contributed by atoms with van der Waals surface area (Å²) in [6.07, 6.45) is 24.3. The van der Waals surface area contributed by atoms with Crippen molar-refractivity contribution in [1.82, 2.24) is 0 Å². The van der Waals surface area contributed by atoms with E-state index in [1.165, 1.54) is 88.2 Å². The Balaban J connectivity index is 0.00000924. The smallest absolute Gasteiger partial charge is 0.0665 e. The van der Waals surface area contributed by atoms with E-state index >= 15 is 0 Å². The van der Waals surface area contributed by atoms with E-state index in [4.69, 9.17) is 9.98 Å². The van der Waals surface area contributed by atoms with Gasteiger partial charge >= 0.3 is 0 Å². The van der Waals surface area contributed by atoms with Gasteiger partial charge in [-0.05, 0) is 55.4 Å². The molecule has 0 radical (unpaired) electrons. The molecule has 43 heavy (non-hydrogen) atoms. The fraction of sp³-hybridized carbons (Fsp3) is 0.550. The molecule has 0 aromatic heterocycles. The first-order valence-electron chi connectivity index (χ1n) is 17.0. The maximum atomic E-state index is 5.01. The molecule has 0 amide bonds. The molecule has 0 aliphatic carbocycles. The van der Waals surface area contributed by atoms with Crippen molar-refractivity contribution < 1.29 is 20.4 Å². The quantitative estimate of drug-likeness (QED) is 0.0580. The minimum atomic E-state index is 0. The molecule has 0 atom stereocenters. The number of benzene rings is 2. The molecule has 2 aromatic carbocycles. The normalized spacial score (nSPS) is 11.0. The van der Waals surface area contributed by atoms with Crippen LogP contribution in [0.5, 0.6) is 0 Å². The molecule has 3 heteroatoms. The van der Waals surface area contributed by atoms with Crippen LogP contribution in [-0.4, -0.2) is 11.9 Å².